The maximum atomic E-state index is 2.33. The SMILES string of the molecule is CC(Cc1ccc2ccccc2c1)c1cccc2ccccc12. The molecule has 0 N–H and O–H groups in total. The highest BCUT2D eigenvalue weighted by Gasteiger charge is 2.10. The van der Waals surface area contributed by atoms with Gasteiger partial charge in [0.25, 0.3) is 0 Å². The molecule has 0 aliphatic carbocycles. The molecule has 112 valence electrons. The zero-order valence-electron chi connectivity index (χ0n) is 13.4. The van der Waals surface area contributed by atoms with E-state index in [1.165, 1.54) is 32.7 Å². The van der Waals surface area contributed by atoms with Gasteiger partial charge in [-0.3, -0.25) is 0 Å². The largest absolute Gasteiger partial charge is 0.0616 e. The van der Waals surface area contributed by atoms with Crippen LogP contribution in [0.15, 0.2) is 84.9 Å². The second-order valence-electron chi connectivity index (χ2n) is 6.36. The van der Waals surface area contributed by atoms with Crippen LogP contribution in [0.2, 0.25) is 0 Å². The second kappa shape index (κ2) is 5.89. The Morgan fingerprint density at radius 3 is 2.22 bits per heavy atom. The van der Waals surface area contributed by atoms with Gasteiger partial charge in [-0.15, -0.1) is 0 Å². The van der Waals surface area contributed by atoms with Gasteiger partial charge in [-0.2, -0.15) is 0 Å². The summed E-state index contributed by atoms with van der Waals surface area (Å²) in [4.78, 5) is 0. The number of rotatable bonds is 3. The molecule has 0 aliphatic rings. The molecule has 0 nitrogen and oxygen atoms in total. The van der Waals surface area contributed by atoms with Crippen molar-refractivity contribution in [2.75, 3.05) is 0 Å². The summed E-state index contributed by atoms with van der Waals surface area (Å²) in [7, 11) is 0. The first kappa shape index (κ1) is 14.0. The van der Waals surface area contributed by atoms with Crippen LogP contribution in [-0.4, -0.2) is 0 Å². The van der Waals surface area contributed by atoms with E-state index in [1.54, 1.807) is 0 Å². The molecule has 0 heterocycles. The van der Waals surface area contributed by atoms with Gasteiger partial charge in [0.2, 0.25) is 0 Å². The third kappa shape index (κ3) is 2.73. The van der Waals surface area contributed by atoms with Crippen LogP contribution in [0.5, 0.6) is 0 Å². The molecular weight excluding hydrogens is 276 g/mol. The van der Waals surface area contributed by atoms with Gasteiger partial charge < -0.3 is 0 Å². The van der Waals surface area contributed by atoms with Gasteiger partial charge in [0.15, 0.2) is 0 Å². The lowest BCUT2D eigenvalue weighted by Crippen LogP contribution is -1.99. The molecule has 0 saturated carbocycles. The Morgan fingerprint density at radius 1 is 0.652 bits per heavy atom. The Kier molecular flexibility index (Phi) is 3.59. The molecule has 0 fully saturated rings. The van der Waals surface area contributed by atoms with E-state index >= 15 is 0 Å². The second-order valence-corrected chi connectivity index (χ2v) is 6.36. The molecule has 0 spiro atoms. The molecule has 1 unspecified atom stereocenters. The van der Waals surface area contributed by atoms with Crippen LogP contribution < -0.4 is 0 Å². The first-order valence-electron chi connectivity index (χ1n) is 8.26. The van der Waals surface area contributed by atoms with Crippen molar-refractivity contribution in [3.05, 3.63) is 96.1 Å². The van der Waals surface area contributed by atoms with Crippen molar-refractivity contribution < 1.29 is 0 Å². The molecule has 4 aromatic carbocycles. The van der Waals surface area contributed by atoms with Gasteiger partial charge in [0.1, 0.15) is 0 Å². The fourth-order valence-electron chi connectivity index (χ4n) is 3.51. The lowest BCUT2D eigenvalue weighted by Gasteiger charge is -2.15. The first-order chi connectivity index (χ1) is 11.3. The third-order valence-corrected chi connectivity index (χ3v) is 4.71. The molecule has 0 heteroatoms. The summed E-state index contributed by atoms with van der Waals surface area (Å²) >= 11 is 0. The highest BCUT2D eigenvalue weighted by Crippen LogP contribution is 2.28. The van der Waals surface area contributed by atoms with E-state index in [1.807, 2.05) is 0 Å². The zero-order chi connectivity index (χ0) is 15.6. The molecule has 4 rings (SSSR count). The topological polar surface area (TPSA) is 0 Å². The summed E-state index contributed by atoms with van der Waals surface area (Å²) in [6.07, 6.45) is 1.07. The average molecular weight is 296 g/mol. The summed E-state index contributed by atoms with van der Waals surface area (Å²) in [5, 5.41) is 5.35. The lowest BCUT2D eigenvalue weighted by molar-refractivity contribution is 0.766. The molecule has 0 bridgehead atoms. The Balaban J connectivity index is 1.69. The van der Waals surface area contributed by atoms with Crippen molar-refractivity contribution in [2.24, 2.45) is 0 Å². The van der Waals surface area contributed by atoms with Crippen molar-refractivity contribution in [1.29, 1.82) is 0 Å². The van der Waals surface area contributed by atoms with Crippen LogP contribution in [0.3, 0.4) is 0 Å². The Bertz CT molecular complexity index is 960. The minimum Gasteiger partial charge on any atom is -0.0616 e. The summed E-state index contributed by atoms with van der Waals surface area (Å²) in [6, 6.07) is 30.7. The first-order valence-corrected chi connectivity index (χ1v) is 8.26. The molecule has 23 heavy (non-hydrogen) atoms. The maximum Gasteiger partial charge on any atom is -0.0144 e. The van der Waals surface area contributed by atoms with E-state index in [0.717, 1.165) is 6.42 Å². The molecule has 0 radical (unpaired) electrons. The van der Waals surface area contributed by atoms with Gasteiger partial charge in [-0.25, -0.2) is 0 Å². The van der Waals surface area contributed by atoms with Crippen molar-refractivity contribution in [1.82, 2.24) is 0 Å². The predicted molar refractivity (Wildman–Crippen MR) is 100 cm³/mol. The van der Waals surface area contributed by atoms with Crippen LogP contribution >= 0.6 is 0 Å². The van der Waals surface area contributed by atoms with Crippen LogP contribution in [-0.2, 0) is 6.42 Å². The lowest BCUT2D eigenvalue weighted by atomic mass is 9.89. The molecule has 0 aromatic heterocycles. The van der Waals surface area contributed by atoms with E-state index in [9.17, 15) is 0 Å². The van der Waals surface area contributed by atoms with Crippen molar-refractivity contribution >= 4 is 21.5 Å². The highest BCUT2D eigenvalue weighted by atomic mass is 14.1. The van der Waals surface area contributed by atoms with E-state index < -0.39 is 0 Å². The van der Waals surface area contributed by atoms with Crippen molar-refractivity contribution in [3.8, 4) is 0 Å². The van der Waals surface area contributed by atoms with Gasteiger partial charge in [-0.05, 0) is 45.0 Å². The molecule has 4 aromatic rings. The van der Waals surface area contributed by atoms with Crippen LogP contribution in [0.4, 0.5) is 0 Å². The quantitative estimate of drug-likeness (QED) is 0.414. The van der Waals surface area contributed by atoms with Gasteiger partial charge in [0, 0.05) is 0 Å². The minimum atomic E-state index is 0.502. The van der Waals surface area contributed by atoms with Crippen molar-refractivity contribution in [3.63, 3.8) is 0 Å². The monoisotopic (exact) mass is 296 g/mol. The average Bonchev–Trinajstić information content (AvgIpc) is 2.61. The number of fused-ring (bicyclic) bond motifs is 2. The normalized spacial score (nSPS) is 12.6. The van der Waals surface area contributed by atoms with Gasteiger partial charge in [-0.1, -0.05) is 91.9 Å². The van der Waals surface area contributed by atoms with E-state index in [-0.39, 0.29) is 0 Å². The number of hydrogen-bond acceptors (Lipinski definition) is 0. The van der Waals surface area contributed by atoms with E-state index in [2.05, 4.69) is 91.9 Å². The smallest absolute Gasteiger partial charge is 0.0144 e. The fourth-order valence-corrected chi connectivity index (χ4v) is 3.51. The van der Waals surface area contributed by atoms with Crippen LogP contribution in [0.1, 0.15) is 24.0 Å². The van der Waals surface area contributed by atoms with Crippen LogP contribution in [0.25, 0.3) is 21.5 Å². The minimum absolute atomic E-state index is 0.502. The molecule has 0 aliphatic heterocycles. The third-order valence-electron chi connectivity index (χ3n) is 4.71. The van der Waals surface area contributed by atoms with Crippen LogP contribution in [0, 0.1) is 0 Å². The summed E-state index contributed by atoms with van der Waals surface area (Å²) in [5.74, 6) is 0.502. The molecule has 0 amide bonds. The zero-order valence-corrected chi connectivity index (χ0v) is 13.4. The summed E-state index contributed by atoms with van der Waals surface area (Å²) in [6.45, 7) is 2.33. The van der Waals surface area contributed by atoms with Gasteiger partial charge in [0.05, 0.1) is 0 Å². The van der Waals surface area contributed by atoms with E-state index in [0.29, 0.717) is 5.92 Å². The van der Waals surface area contributed by atoms with E-state index in [4.69, 9.17) is 0 Å². The standard InChI is InChI=1S/C23H20/c1-17(22-12-6-10-20-8-4-5-11-23(20)22)15-18-13-14-19-7-2-3-9-21(19)16-18/h2-14,16-17H,15H2,1H3. The van der Waals surface area contributed by atoms with Gasteiger partial charge >= 0.3 is 0 Å². The van der Waals surface area contributed by atoms with Crippen molar-refractivity contribution in [2.45, 2.75) is 19.3 Å². The fraction of sp³-hybridized carbons (Fsp3) is 0.130. The number of benzene rings is 4. The molecule has 1 atom stereocenters. The molecular formula is C23H20. The maximum absolute atomic E-state index is 2.33. The Morgan fingerprint density at radius 2 is 1.35 bits per heavy atom. The predicted octanol–water partition coefficient (Wildman–Crippen LogP) is 6.34. The Hall–Kier alpha value is -2.60. The molecule has 0 saturated heterocycles. The summed E-state index contributed by atoms with van der Waals surface area (Å²) < 4.78 is 0. The highest BCUT2D eigenvalue weighted by molar-refractivity contribution is 5.86. The number of hydrogen-bond donors (Lipinski definition) is 0. The Labute approximate surface area is 137 Å². The summed E-state index contributed by atoms with van der Waals surface area (Å²) in [5.41, 5.74) is 2.85.